The Morgan fingerprint density at radius 3 is 2.45 bits per heavy atom. The maximum Gasteiger partial charge on any atom is 0.254 e. The number of hydrogen-bond acceptors (Lipinski definition) is 3. The van der Waals surface area contributed by atoms with Crippen LogP contribution in [0, 0.1) is 17.6 Å². The summed E-state index contributed by atoms with van der Waals surface area (Å²) < 4.78 is 31.5. The van der Waals surface area contributed by atoms with Crippen LogP contribution in [0.5, 0.6) is 0 Å². The largest absolute Gasteiger partial charge is 0.390 e. The number of halogens is 2. The first-order valence-electron chi connectivity index (χ1n) is 10.6. The van der Waals surface area contributed by atoms with Crippen molar-refractivity contribution in [3.8, 4) is 11.3 Å². The summed E-state index contributed by atoms with van der Waals surface area (Å²) in [4.78, 5) is 12.6. The van der Waals surface area contributed by atoms with E-state index < -0.39 is 23.1 Å². The highest BCUT2D eigenvalue weighted by Gasteiger charge is 2.32. The van der Waals surface area contributed by atoms with Gasteiger partial charge in [-0.25, -0.2) is 8.78 Å². The Morgan fingerprint density at radius 2 is 1.77 bits per heavy atom. The predicted molar refractivity (Wildman–Crippen MR) is 116 cm³/mol. The van der Waals surface area contributed by atoms with Crippen molar-refractivity contribution in [1.29, 1.82) is 0 Å². The van der Waals surface area contributed by atoms with Crippen LogP contribution in [0.4, 0.5) is 8.78 Å². The van der Waals surface area contributed by atoms with Crippen molar-refractivity contribution in [3.63, 3.8) is 0 Å². The molecule has 0 aliphatic heterocycles. The quantitative estimate of drug-likeness (QED) is 0.641. The Morgan fingerprint density at radius 1 is 1.10 bits per heavy atom. The van der Waals surface area contributed by atoms with Gasteiger partial charge in [0, 0.05) is 24.0 Å². The monoisotopic (exact) mass is 427 g/mol. The molecule has 5 nitrogen and oxygen atoms in total. The molecular formula is C24H27F2N3O2. The number of rotatable bonds is 4. The summed E-state index contributed by atoms with van der Waals surface area (Å²) in [5.74, 6) is -2.71. The van der Waals surface area contributed by atoms with Gasteiger partial charge in [0.05, 0.1) is 16.7 Å². The molecule has 1 aromatic heterocycles. The van der Waals surface area contributed by atoms with Crippen LogP contribution in [-0.2, 0) is 7.05 Å². The number of nitrogens with one attached hydrogen (secondary N) is 1. The highest BCUT2D eigenvalue weighted by Crippen LogP contribution is 2.33. The first-order valence-corrected chi connectivity index (χ1v) is 10.6. The van der Waals surface area contributed by atoms with Crippen molar-refractivity contribution in [3.05, 3.63) is 53.6 Å². The average Bonchev–Trinajstić information content (AvgIpc) is 3.06. The van der Waals surface area contributed by atoms with Crippen LogP contribution in [0.2, 0.25) is 0 Å². The number of carbonyl (C=O) groups excluding carboxylic acids is 1. The summed E-state index contributed by atoms with van der Waals surface area (Å²) in [6.45, 7) is 3.59. The molecule has 164 valence electrons. The molecule has 7 heteroatoms. The van der Waals surface area contributed by atoms with Crippen LogP contribution >= 0.6 is 0 Å². The number of aryl methyl sites for hydroxylation is 1. The van der Waals surface area contributed by atoms with E-state index in [1.165, 1.54) is 12.1 Å². The lowest BCUT2D eigenvalue weighted by Crippen LogP contribution is -2.42. The van der Waals surface area contributed by atoms with E-state index in [1.54, 1.807) is 31.6 Å². The molecule has 1 fully saturated rings. The van der Waals surface area contributed by atoms with Gasteiger partial charge in [-0.05, 0) is 63.6 Å². The number of aromatic nitrogens is 2. The minimum absolute atomic E-state index is 0.0246. The highest BCUT2D eigenvalue weighted by atomic mass is 19.2. The Labute approximate surface area is 180 Å². The van der Waals surface area contributed by atoms with Gasteiger partial charge < -0.3 is 10.4 Å². The molecule has 4 rings (SSSR count). The minimum Gasteiger partial charge on any atom is -0.390 e. The zero-order valence-electron chi connectivity index (χ0n) is 18.0. The lowest BCUT2D eigenvalue weighted by atomic mass is 9.77. The van der Waals surface area contributed by atoms with Gasteiger partial charge in [0.25, 0.3) is 5.91 Å². The van der Waals surface area contributed by atoms with Gasteiger partial charge in [0.2, 0.25) is 0 Å². The summed E-state index contributed by atoms with van der Waals surface area (Å²) >= 11 is 0. The number of benzene rings is 2. The lowest BCUT2D eigenvalue weighted by molar-refractivity contribution is -0.00258. The normalized spacial score (nSPS) is 19.5. The molecule has 1 aliphatic carbocycles. The zero-order valence-corrected chi connectivity index (χ0v) is 18.0. The van der Waals surface area contributed by atoms with E-state index in [0.29, 0.717) is 23.9 Å². The Hall–Kier alpha value is -2.80. The molecule has 1 aliphatic rings. The molecule has 1 heterocycles. The van der Waals surface area contributed by atoms with E-state index in [0.717, 1.165) is 18.4 Å². The average molecular weight is 427 g/mol. The van der Waals surface area contributed by atoms with Gasteiger partial charge in [-0.3, -0.25) is 9.48 Å². The first-order chi connectivity index (χ1) is 14.7. The maximum absolute atomic E-state index is 15.0. The second-order valence-corrected chi connectivity index (χ2v) is 8.95. The number of carbonyl (C=O) groups is 1. The standard InChI is InChI=1S/C24H27F2N3O2/c1-24(2,31)14-8-10-15(11-9-14)27-23(30)18-13-12-17(20(25)21(18)26)22-16-6-4-5-7-19(16)29(3)28-22/h4-7,12-15,31H,8-11H2,1-3H3,(H,27,30). The Bertz CT molecular complexity index is 1130. The highest BCUT2D eigenvalue weighted by molar-refractivity contribution is 5.97. The maximum atomic E-state index is 15.0. The summed E-state index contributed by atoms with van der Waals surface area (Å²) in [7, 11) is 1.74. The fraction of sp³-hybridized carbons (Fsp3) is 0.417. The van der Waals surface area contributed by atoms with Crippen LogP contribution < -0.4 is 5.32 Å². The molecule has 1 saturated carbocycles. The van der Waals surface area contributed by atoms with Crippen LogP contribution in [-0.4, -0.2) is 32.4 Å². The number of aliphatic hydroxyl groups is 1. The van der Waals surface area contributed by atoms with Crippen molar-refractivity contribution in [1.82, 2.24) is 15.1 Å². The Balaban J connectivity index is 1.54. The third-order valence-corrected chi connectivity index (χ3v) is 6.40. The number of fused-ring (bicyclic) bond motifs is 1. The van der Waals surface area contributed by atoms with E-state index in [1.807, 2.05) is 18.2 Å². The first kappa shape index (κ1) is 21.4. The molecule has 2 aromatic carbocycles. The van der Waals surface area contributed by atoms with Gasteiger partial charge in [-0.2, -0.15) is 5.10 Å². The van der Waals surface area contributed by atoms with Gasteiger partial charge in [-0.1, -0.05) is 18.2 Å². The number of amides is 1. The van der Waals surface area contributed by atoms with Gasteiger partial charge >= 0.3 is 0 Å². The molecule has 0 bridgehead atoms. The molecule has 2 N–H and O–H groups in total. The molecule has 31 heavy (non-hydrogen) atoms. The molecule has 0 spiro atoms. The molecule has 0 radical (unpaired) electrons. The van der Waals surface area contributed by atoms with Crippen molar-refractivity contribution >= 4 is 16.8 Å². The lowest BCUT2D eigenvalue weighted by Gasteiger charge is -2.36. The Kier molecular flexibility index (Phi) is 5.56. The van der Waals surface area contributed by atoms with Crippen LogP contribution in [0.1, 0.15) is 49.9 Å². The third kappa shape index (κ3) is 4.06. The van der Waals surface area contributed by atoms with Crippen molar-refractivity contribution in [2.45, 2.75) is 51.2 Å². The molecule has 0 unspecified atom stereocenters. The predicted octanol–water partition coefficient (Wildman–Crippen LogP) is 4.58. The third-order valence-electron chi connectivity index (χ3n) is 6.40. The molecule has 1 amide bonds. The fourth-order valence-corrected chi connectivity index (χ4v) is 4.53. The SMILES string of the molecule is Cn1nc(-c2ccc(C(=O)NC3CCC(C(C)(C)O)CC3)c(F)c2F)c2ccccc21. The molecule has 0 atom stereocenters. The van der Waals surface area contributed by atoms with Crippen molar-refractivity contribution in [2.24, 2.45) is 13.0 Å². The topological polar surface area (TPSA) is 67.2 Å². The number of nitrogens with zero attached hydrogens (tertiary/aromatic N) is 2. The van der Waals surface area contributed by atoms with Gasteiger partial charge in [-0.15, -0.1) is 0 Å². The molecular weight excluding hydrogens is 400 g/mol. The van der Waals surface area contributed by atoms with Gasteiger partial charge in [0.15, 0.2) is 11.6 Å². The summed E-state index contributed by atoms with van der Waals surface area (Å²) in [5.41, 5.74) is 0.102. The minimum atomic E-state index is -1.17. The van der Waals surface area contributed by atoms with Gasteiger partial charge in [0.1, 0.15) is 5.69 Å². The molecule has 0 saturated heterocycles. The van der Waals surface area contributed by atoms with E-state index >= 15 is 0 Å². The van der Waals surface area contributed by atoms with Crippen LogP contribution in [0.15, 0.2) is 36.4 Å². The summed E-state index contributed by atoms with van der Waals surface area (Å²) in [5, 5.41) is 18.0. The van der Waals surface area contributed by atoms with Crippen molar-refractivity contribution < 1.29 is 18.7 Å². The summed E-state index contributed by atoms with van der Waals surface area (Å²) in [6.07, 6.45) is 2.94. The van der Waals surface area contributed by atoms with Crippen LogP contribution in [0.25, 0.3) is 22.2 Å². The van der Waals surface area contributed by atoms with Crippen molar-refractivity contribution in [2.75, 3.05) is 0 Å². The summed E-state index contributed by atoms with van der Waals surface area (Å²) in [6, 6.07) is 9.94. The zero-order chi connectivity index (χ0) is 22.3. The van der Waals surface area contributed by atoms with E-state index in [-0.39, 0.29) is 23.1 Å². The number of para-hydroxylation sites is 1. The second kappa shape index (κ2) is 8.04. The fourth-order valence-electron chi connectivity index (χ4n) is 4.53. The van der Waals surface area contributed by atoms with Crippen LogP contribution in [0.3, 0.4) is 0 Å². The van der Waals surface area contributed by atoms with E-state index in [2.05, 4.69) is 10.4 Å². The van der Waals surface area contributed by atoms with E-state index in [9.17, 15) is 18.7 Å². The molecule has 3 aromatic rings. The number of hydrogen-bond donors (Lipinski definition) is 2. The second-order valence-electron chi connectivity index (χ2n) is 8.95. The smallest absolute Gasteiger partial charge is 0.254 e. The van der Waals surface area contributed by atoms with E-state index in [4.69, 9.17) is 0 Å².